The standard InChI is InChI=1S/C28H25N5O3S2/c1-15(37-28-30-24-23(32-33-28)18-10-6-7-11-20(18)29-24)25(34)31-26-22(27(35)36-2)19-13-12-17(14-21(19)38-26)16-8-4-3-5-9-16/h3-11,15,17H,12-14H2,1-2H3,(H,31,34)(H,29,30,33). The molecular formula is C28H25N5O3S2. The van der Waals surface area contributed by atoms with E-state index in [0.717, 1.165) is 40.6 Å². The minimum Gasteiger partial charge on any atom is -0.465 e. The molecule has 2 aromatic carbocycles. The smallest absolute Gasteiger partial charge is 0.341 e. The van der Waals surface area contributed by atoms with Crippen LogP contribution in [-0.4, -0.2) is 44.4 Å². The zero-order valence-electron chi connectivity index (χ0n) is 20.9. The summed E-state index contributed by atoms with van der Waals surface area (Å²) in [4.78, 5) is 34.9. The van der Waals surface area contributed by atoms with Crippen molar-refractivity contribution in [3.63, 3.8) is 0 Å². The molecular weight excluding hydrogens is 518 g/mol. The number of esters is 1. The van der Waals surface area contributed by atoms with Crippen molar-refractivity contribution in [2.45, 2.75) is 42.5 Å². The maximum Gasteiger partial charge on any atom is 0.341 e. The number of ether oxygens (including phenoxy) is 1. The van der Waals surface area contributed by atoms with Crippen LogP contribution in [0.3, 0.4) is 0 Å². The predicted molar refractivity (Wildman–Crippen MR) is 150 cm³/mol. The molecule has 2 unspecified atom stereocenters. The molecule has 8 nitrogen and oxygen atoms in total. The van der Waals surface area contributed by atoms with Gasteiger partial charge in [-0.15, -0.1) is 21.5 Å². The van der Waals surface area contributed by atoms with Crippen LogP contribution in [0.1, 0.15) is 45.6 Å². The molecule has 1 aliphatic carbocycles. The number of aromatic amines is 1. The van der Waals surface area contributed by atoms with E-state index >= 15 is 0 Å². The van der Waals surface area contributed by atoms with Gasteiger partial charge in [-0.25, -0.2) is 9.78 Å². The van der Waals surface area contributed by atoms with E-state index in [1.165, 1.54) is 35.8 Å². The first kappa shape index (κ1) is 24.6. The molecule has 192 valence electrons. The number of methoxy groups -OCH3 is 1. The molecule has 6 rings (SSSR count). The highest BCUT2D eigenvalue weighted by molar-refractivity contribution is 8.00. The second-order valence-corrected chi connectivity index (χ2v) is 11.7. The summed E-state index contributed by atoms with van der Waals surface area (Å²) in [5, 5.41) is 12.9. The Kier molecular flexibility index (Phi) is 6.59. The van der Waals surface area contributed by atoms with Crippen LogP contribution in [-0.2, 0) is 22.4 Å². The lowest BCUT2D eigenvalue weighted by Crippen LogP contribution is -2.23. The molecule has 2 atom stereocenters. The normalized spacial score (nSPS) is 15.8. The number of thioether (sulfide) groups is 1. The van der Waals surface area contributed by atoms with E-state index in [2.05, 4.69) is 49.7 Å². The summed E-state index contributed by atoms with van der Waals surface area (Å²) >= 11 is 2.69. The number of amides is 1. The first-order valence-corrected chi connectivity index (χ1v) is 14.1. The number of benzene rings is 2. The average Bonchev–Trinajstić information content (AvgIpc) is 3.49. The highest BCUT2D eigenvalue weighted by Crippen LogP contribution is 2.43. The fraction of sp³-hybridized carbons (Fsp3) is 0.250. The van der Waals surface area contributed by atoms with Crippen molar-refractivity contribution in [3.8, 4) is 0 Å². The number of hydrogen-bond acceptors (Lipinski definition) is 8. The van der Waals surface area contributed by atoms with Crippen LogP contribution < -0.4 is 5.32 Å². The number of H-pyrrole nitrogens is 1. The van der Waals surface area contributed by atoms with Gasteiger partial charge in [-0.1, -0.05) is 60.3 Å². The Balaban J connectivity index is 1.21. The number of rotatable bonds is 6. The number of fused-ring (bicyclic) bond motifs is 4. The summed E-state index contributed by atoms with van der Waals surface area (Å²) in [6, 6.07) is 18.2. The first-order valence-electron chi connectivity index (χ1n) is 12.4. The number of nitrogens with zero attached hydrogens (tertiary/aromatic N) is 3. The number of nitrogens with one attached hydrogen (secondary N) is 2. The molecule has 0 saturated heterocycles. The van der Waals surface area contributed by atoms with Gasteiger partial charge in [0.2, 0.25) is 11.1 Å². The van der Waals surface area contributed by atoms with E-state index in [1.807, 2.05) is 30.3 Å². The molecule has 1 amide bonds. The largest absolute Gasteiger partial charge is 0.465 e. The summed E-state index contributed by atoms with van der Waals surface area (Å²) in [6.45, 7) is 1.79. The van der Waals surface area contributed by atoms with Gasteiger partial charge in [-0.05, 0) is 49.3 Å². The molecule has 10 heteroatoms. The fourth-order valence-corrected chi connectivity index (χ4v) is 7.02. The van der Waals surface area contributed by atoms with Gasteiger partial charge >= 0.3 is 5.97 Å². The summed E-state index contributed by atoms with van der Waals surface area (Å²) < 4.78 is 5.10. The summed E-state index contributed by atoms with van der Waals surface area (Å²) in [5.41, 5.74) is 5.01. The Bertz CT molecular complexity index is 1660. The van der Waals surface area contributed by atoms with E-state index < -0.39 is 11.2 Å². The molecule has 3 heterocycles. The minimum absolute atomic E-state index is 0.237. The van der Waals surface area contributed by atoms with Crippen LogP contribution in [0.4, 0.5) is 5.00 Å². The molecule has 2 N–H and O–H groups in total. The minimum atomic E-state index is -0.514. The van der Waals surface area contributed by atoms with Gasteiger partial charge in [0, 0.05) is 15.8 Å². The number of hydrogen-bond donors (Lipinski definition) is 2. The molecule has 5 aromatic rings. The van der Waals surface area contributed by atoms with Gasteiger partial charge in [0.25, 0.3) is 0 Å². The summed E-state index contributed by atoms with van der Waals surface area (Å²) in [6.07, 6.45) is 2.54. The lowest BCUT2D eigenvalue weighted by molar-refractivity contribution is -0.115. The number of aromatic nitrogens is 4. The average molecular weight is 544 g/mol. The van der Waals surface area contributed by atoms with Crippen molar-refractivity contribution in [2.75, 3.05) is 12.4 Å². The summed E-state index contributed by atoms with van der Waals surface area (Å²) in [7, 11) is 1.37. The maximum atomic E-state index is 13.2. The second-order valence-electron chi connectivity index (χ2n) is 9.26. The van der Waals surface area contributed by atoms with Gasteiger partial charge in [-0.2, -0.15) is 0 Å². The van der Waals surface area contributed by atoms with Gasteiger partial charge in [0.1, 0.15) is 10.5 Å². The Hall–Kier alpha value is -3.76. The van der Waals surface area contributed by atoms with Gasteiger partial charge in [0.05, 0.1) is 17.9 Å². The fourth-order valence-electron chi connectivity index (χ4n) is 4.98. The van der Waals surface area contributed by atoms with E-state index in [0.29, 0.717) is 32.8 Å². The number of para-hydroxylation sites is 1. The van der Waals surface area contributed by atoms with Gasteiger partial charge < -0.3 is 15.0 Å². The Morgan fingerprint density at radius 3 is 2.74 bits per heavy atom. The van der Waals surface area contributed by atoms with Crippen molar-refractivity contribution in [2.24, 2.45) is 0 Å². The van der Waals surface area contributed by atoms with Gasteiger partial charge in [0.15, 0.2) is 5.65 Å². The molecule has 0 radical (unpaired) electrons. The van der Waals surface area contributed by atoms with Crippen LogP contribution in [0.5, 0.6) is 0 Å². The third kappa shape index (κ3) is 4.54. The number of thiophene rings is 1. The van der Waals surface area contributed by atoms with E-state index in [4.69, 9.17) is 4.74 Å². The van der Waals surface area contributed by atoms with Crippen molar-refractivity contribution < 1.29 is 14.3 Å². The van der Waals surface area contributed by atoms with Crippen LogP contribution in [0, 0.1) is 0 Å². The van der Waals surface area contributed by atoms with Crippen LogP contribution in [0.15, 0.2) is 59.8 Å². The van der Waals surface area contributed by atoms with Crippen LogP contribution in [0.2, 0.25) is 0 Å². The monoisotopic (exact) mass is 543 g/mol. The quantitative estimate of drug-likeness (QED) is 0.207. The third-order valence-corrected chi connectivity index (χ3v) is 9.04. The molecule has 0 aliphatic heterocycles. The summed E-state index contributed by atoms with van der Waals surface area (Å²) in [5.74, 6) is -0.276. The zero-order valence-corrected chi connectivity index (χ0v) is 22.5. The highest BCUT2D eigenvalue weighted by atomic mass is 32.2. The Morgan fingerprint density at radius 1 is 1.13 bits per heavy atom. The Labute approximate surface area is 227 Å². The SMILES string of the molecule is COC(=O)c1c(NC(=O)C(C)Sc2nnc3c(n2)[nH]c2ccccc23)sc2c1CCC(c1ccccc1)C2. The number of anilines is 1. The first-order chi connectivity index (χ1) is 18.5. The molecule has 3 aromatic heterocycles. The van der Waals surface area contributed by atoms with Crippen molar-refractivity contribution in [1.82, 2.24) is 20.2 Å². The van der Waals surface area contributed by atoms with Crippen LogP contribution >= 0.6 is 23.1 Å². The Morgan fingerprint density at radius 2 is 1.92 bits per heavy atom. The molecule has 0 fully saturated rings. The lowest BCUT2D eigenvalue weighted by Gasteiger charge is -2.22. The van der Waals surface area contributed by atoms with E-state index in [1.54, 1.807) is 6.92 Å². The van der Waals surface area contributed by atoms with Crippen molar-refractivity contribution in [3.05, 3.63) is 76.2 Å². The highest BCUT2D eigenvalue weighted by Gasteiger charge is 2.31. The second kappa shape index (κ2) is 10.2. The number of carbonyl (C=O) groups is 2. The van der Waals surface area contributed by atoms with Crippen molar-refractivity contribution >= 4 is 62.0 Å². The molecule has 0 saturated carbocycles. The van der Waals surface area contributed by atoms with Crippen LogP contribution in [0.25, 0.3) is 22.1 Å². The number of carbonyl (C=O) groups excluding carboxylic acids is 2. The third-order valence-electron chi connectivity index (χ3n) is 6.92. The van der Waals surface area contributed by atoms with Gasteiger partial charge in [-0.3, -0.25) is 4.79 Å². The van der Waals surface area contributed by atoms with Crippen molar-refractivity contribution in [1.29, 1.82) is 0 Å². The molecule has 0 spiro atoms. The maximum absolute atomic E-state index is 13.2. The predicted octanol–water partition coefficient (Wildman–Crippen LogP) is 5.75. The van der Waals surface area contributed by atoms with E-state index in [9.17, 15) is 9.59 Å². The topological polar surface area (TPSA) is 110 Å². The molecule has 38 heavy (non-hydrogen) atoms. The molecule has 1 aliphatic rings. The molecule has 0 bridgehead atoms. The van der Waals surface area contributed by atoms with E-state index in [-0.39, 0.29) is 5.91 Å². The zero-order chi connectivity index (χ0) is 26.2. The lowest BCUT2D eigenvalue weighted by atomic mass is 9.83.